The molecule has 0 aliphatic carbocycles. The van der Waals surface area contributed by atoms with Gasteiger partial charge in [0.15, 0.2) is 0 Å². The van der Waals surface area contributed by atoms with E-state index in [0.717, 1.165) is 17.5 Å². The maximum absolute atomic E-state index is 13.1. The Morgan fingerprint density at radius 2 is 1.58 bits per heavy atom. The van der Waals surface area contributed by atoms with Crippen LogP contribution in [0, 0.1) is 0 Å². The number of hydrogen-bond donors (Lipinski definition) is 1. The second-order valence-electron chi connectivity index (χ2n) is 6.11. The van der Waals surface area contributed by atoms with Crippen molar-refractivity contribution in [1.29, 1.82) is 0 Å². The van der Waals surface area contributed by atoms with Gasteiger partial charge in [-0.05, 0) is 17.5 Å². The van der Waals surface area contributed by atoms with Gasteiger partial charge in [0.1, 0.15) is 12.1 Å². The lowest BCUT2D eigenvalue weighted by Gasteiger charge is -2.39. The maximum atomic E-state index is 13.1. The summed E-state index contributed by atoms with van der Waals surface area (Å²) < 4.78 is 0. The van der Waals surface area contributed by atoms with E-state index >= 15 is 0 Å². The maximum Gasteiger partial charge on any atom is 0.250 e. The van der Waals surface area contributed by atoms with Crippen molar-refractivity contribution in [3.8, 4) is 0 Å². The fraction of sp³-hybridized carbons (Fsp3) is 0.300. The van der Waals surface area contributed by atoms with Crippen LogP contribution in [0.3, 0.4) is 0 Å². The molecule has 0 bridgehead atoms. The van der Waals surface area contributed by atoms with Gasteiger partial charge in [0, 0.05) is 6.54 Å². The smallest absolute Gasteiger partial charge is 0.250 e. The summed E-state index contributed by atoms with van der Waals surface area (Å²) in [5, 5.41) is 2.90. The molecule has 1 saturated heterocycles. The largest absolute Gasteiger partial charge is 0.339 e. The summed E-state index contributed by atoms with van der Waals surface area (Å²) in [5.74, 6) is -0.107. The number of nitrogens with zero attached hydrogens (tertiary/aromatic N) is 1. The van der Waals surface area contributed by atoms with Gasteiger partial charge >= 0.3 is 0 Å². The number of amides is 2. The highest BCUT2D eigenvalue weighted by atomic mass is 16.2. The topological polar surface area (TPSA) is 49.4 Å². The number of piperazine rings is 1. The predicted octanol–water partition coefficient (Wildman–Crippen LogP) is 3.06. The van der Waals surface area contributed by atoms with Gasteiger partial charge in [0.05, 0.1) is 0 Å². The Bertz CT molecular complexity index is 700. The van der Waals surface area contributed by atoms with Crippen LogP contribution in [-0.4, -0.2) is 22.8 Å². The van der Waals surface area contributed by atoms with E-state index in [2.05, 4.69) is 5.32 Å². The van der Waals surface area contributed by atoms with Crippen LogP contribution in [0.4, 0.5) is 0 Å². The van der Waals surface area contributed by atoms with Gasteiger partial charge in [-0.25, -0.2) is 0 Å². The molecule has 24 heavy (non-hydrogen) atoms. The standard InChI is InChI=1S/C20H22N2O2/c1-2-9-17-19(23)21-18(16-12-7-4-8-13-16)20(24)22(17)14-15-10-5-3-6-11-15/h3-8,10-13,17-18H,2,9,14H2,1H3,(H,21,23). The second-order valence-corrected chi connectivity index (χ2v) is 6.11. The fourth-order valence-corrected chi connectivity index (χ4v) is 3.16. The van der Waals surface area contributed by atoms with E-state index in [4.69, 9.17) is 0 Å². The zero-order chi connectivity index (χ0) is 16.9. The Morgan fingerprint density at radius 1 is 0.958 bits per heavy atom. The molecule has 2 unspecified atom stereocenters. The summed E-state index contributed by atoms with van der Waals surface area (Å²) in [5.41, 5.74) is 1.86. The number of benzene rings is 2. The molecular weight excluding hydrogens is 300 g/mol. The Hall–Kier alpha value is -2.62. The van der Waals surface area contributed by atoms with Crippen molar-refractivity contribution in [2.24, 2.45) is 0 Å². The minimum Gasteiger partial charge on any atom is -0.339 e. The van der Waals surface area contributed by atoms with Crippen molar-refractivity contribution in [2.45, 2.75) is 38.4 Å². The van der Waals surface area contributed by atoms with Gasteiger partial charge in [-0.1, -0.05) is 74.0 Å². The van der Waals surface area contributed by atoms with Gasteiger partial charge in [-0.3, -0.25) is 9.59 Å². The third-order valence-electron chi connectivity index (χ3n) is 4.39. The van der Waals surface area contributed by atoms with Crippen molar-refractivity contribution in [1.82, 2.24) is 10.2 Å². The molecule has 0 radical (unpaired) electrons. The van der Waals surface area contributed by atoms with Crippen LogP contribution in [0.15, 0.2) is 60.7 Å². The highest BCUT2D eigenvalue weighted by Gasteiger charge is 2.40. The quantitative estimate of drug-likeness (QED) is 0.920. The average Bonchev–Trinajstić information content (AvgIpc) is 2.62. The van der Waals surface area contributed by atoms with Crippen molar-refractivity contribution < 1.29 is 9.59 Å². The molecule has 2 aromatic carbocycles. The molecule has 0 saturated carbocycles. The number of carbonyl (C=O) groups excluding carboxylic acids is 2. The van der Waals surface area contributed by atoms with Crippen LogP contribution < -0.4 is 5.32 Å². The summed E-state index contributed by atoms with van der Waals surface area (Å²) in [4.78, 5) is 27.4. The zero-order valence-corrected chi connectivity index (χ0v) is 13.8. The monoisotopic (exact) mass is 322 g/mol. The first kappa shape index (κ1) is 16.2. The van der Waals surface area contributed by atoms with Gasteiger partial charge in [0.2, 0.25) is 5.91 Å². The molecule has 0 spiro atoms. The number of nitrogens with one attached hydrogen (secondary N) is 1. The van der Waals surface area contributed by atoms with E-state index in [1.165, 1.54) is 0 Å². The molecule has 4 heteroatoms. The number of carbonyl (C=O) groups is 2. The number of hydrogen-bond acceptors (Lipinski definition) is 2. The van der Waals surface area contributed by atoms with Crippen molar-refractivity contribution in [3.05, 3.63) is 71.8 Å². The first-order valence-corrected chi connectivity index (χ1v) is 8.40. The van der Waals surface area contributed by atoms with E-state index in [1.54, 1.807) is 4.90 Å². The Morgan fingerprint density at radius 3 is 2.21 bits per heavy atom. The van der Waals surface area contributed by atoms with Crippen molar-refractivity contribution in [2.75, 3.05) is 0 Å². The van der Waals surface area contributed by atoms with E-state index in [0.29, 0.717) is 13.0 Å². The molecule has 2 atom stereocenters. The van der Waals surface area contributed by atoms with Crippen LogP contribution >= 0.6 is 0 Å². The summed E-state index contributed by atoms with van der Waals surface area (Å²) in [6.45, 7) is 2.49. The zero-order valence-electron chi connectivity index (χ0n) is 13.8. The summed E-state index contributed by atoms with van der Waals surface area (Å²) in [6.07, 6.45) is 1.53. The molecule has 1 N–H and O–H groups in total. The van der Waals surface area contributed by atoms with Crippen LogP contribution in [0.5, 0.6) is 0 Å². The molecule has 2 amide bonds. The Kier molecular flexibility index (Phi) is 4.94. The average molecular weight is 322 g/mol. The Balaban J connectivity index is 1.90. The summed E-state index contributed by atoms with van der Waals surface area (Å²) in [6, 6.07) is 18.3. The lowest BCUT2D eigenvalue weighted by Crippen LogP contribution is -2.59. The highest BCUT2D eigenvalue weighted by molar-refractivity contribution is 5.97. The molecule has 0 aromatic heterocycles. The second kappa shape index (κ2) is 7.30. The molecule has 2 aromatic rings. The van der Waals surface area contributed by atoms with E-state index in [1.807, 2.05) is 67.6 Å². The van der Waals surface area contributed by atoms with E-state index in [9.17, 15) is 9.59 Å². The third-order valence-corrected chi connectivity index (χ3v) is 4.39. The molecule has 3 rings (SSSR count). The molecule has 1 fully saturated rings. The molecule has 1 aliphatic heterocycles. The van der Waals surface area contributed by atoms with Crippen LogP contribution in [-0.2, 0) is 16.1 Å². The minimum atomic E-state index is -0.601. The van der Waals surface area contributed by atoms with Gasteiger partial charge in [-0.15, -0.1) is 0 Å². The van der Waals surface area contributed by atoms with E-state index in [-0.39, 0.29) is 11.8 Å². The van der Waals surface area contributed by atoms with Gasteiger partial charge in [-0.2, -0.15) is 0 Å². The minimum absolute atomic E-state index is 0.0388. The number of rotatable bonds is 5. The normalized spacial score (nSPS) is 20.8. The van der Waals surface area contributed by atoms with Gasteiger partial charge in [0.25, 0.3) is 5.91 Å². The third kappa shape index (κ3) is 3.32. The van der Waals surface area contributed by atoms with Crippen LogP contribution in [0.25, 0.3) is 0 Å². The molecular formula is C20H22N2O2. The molecule has 1 heterocycles. The van der Waals surface area contributed by atoms with Crippen LogP contribution in [0.2, 0.25) is 0 Å². The Labute approximate surface area is 142 Å². The van der Waals surface area contributed by atoms with Crippen molar-refractivity contribution in [3.63, 3.8) is 0 Å². The SMILES string of the molecule is CCCC1C(=O)NC(c2ccccc2)C(=O)N1Cc1ccccc1. The predicted molar refractivity (Wildman–Crippen MR) is 93.0 cm³/mol. The lowest BCUT2D eigenvalue weighted by atomic mass is 9.97. The molecule has 4 nitrogen and oxygen atoms in total. The molecule has 1 aliphatic rings. The summed E-state index contributed by atoms with van der Waals surface area (Å²) in [7, 11) is 0. The first-order valence-electron chi connectivity index (χ1n) is 8.40. The lowest BCUT2D eigenvalue weighted by molar-refractivity contribution is -0.150. The van der Waals surface area contributed by atoms with Crippen LogP contribution in [0.1, 0.15) is 36.9 Å². The summed E-state index contributed by atoms with van der Waals surface area (Å²) >= 11 is 0. The highest BCUT2D eigenvalue weighted by Crippen LogP contribution is 2.25. The fourth-order valence-electron chi connectivity index (χ4n) is 3.16. The first-order chi connectivity index (χ1) is 11.7. The van der Waals surface area contributed by atoms with Gasteiger partial charge < -0.3 is 10.2 Å². The van der Waals surface area contributed by atoms with Crippen molar-refractivity contribution >= 4 is 11.8 Å². The van der Waals surface area contributed by atoms with E-state index < -0.39 is 12.1 Å². The molecule has 124 valence electrons.